The minimum atomic E-state index is 0.339. The van der Waals surface area contributed by atoms with E-state index in [1.165, 1.54) is 11.1 Å². The second-order valence-electron chi connectivity index (χ2n) is 5.19. The van der Waals surface area contributed by atoms with Crippen LogP contribution in [-0.4, -0.2) is 0 Å². The molecule has 112 valence electrons. The Kier molecular flexibility index (Phi) is 6.28. The van der Waals surface area contributed by atoms with E-state index in [9.17, 15) is 0 Å². The number of nitrogens with one attached hydrogen (secondary N) is 1. The lowest BCUT2D eigenvalue weighted by atomic mass is 9.99. The Morgan fingerprint density at radius 3 is 2.14 bits per heavy atom. The first kappa shape index (κ1) is 16.5. The molecule has 0 bridgehead atoms. The molecule has 21 heavy (non-hydrogen) atoms. The number of halogens is 2. The van der Waals surface area contributed by atoms with Gasteiger partial charge in [0.05, 0.1) is 0 Å². The van der Waals surface area contributed by atoms with E-state index in [-0.39, 0.29) is 0 Å². The van der Waals surface area contributed by atoms with E-state index < -0.39 is 0 Å². The van der Waals surface area contributed by atoms with Crippen LogP contribution in [0.4, 0.5) is 0 Å². The van der Waals surface area contributed by atoms with Gasteiger partial charge in [-0.25, -0.2) is 0 Å². The van der Waals surface area contributed by atoms with Crippen molar-refractivity contribution >= 4 is 27.5 Å². The largest absolute Gasteiger partial charge is 0.303 e. The van der Waals surface area contributed by atoms with Crippen molar-refractivity contribution < 1.29 is 0 Å². The van der Waals surface area contributed by atoms with Crippen molar-refractivity contribution in [3.8, 4) is 0 Å². The van der Waals surface area contributed by atoms with Crippen molar-refractivity contribution in [2.45, 2.75) is 38.8 Å². The molecule has 2 aromatic carbocycles. The van der Waals surface area contributed by atoms with E-state index in [0.717, 1.165) is 22.3 Å². The van der Waals surface area contributed by atoms with Gasteiger partial charge in [0.25, 0.3) is 0 Å². The lowest BCUT2D eigenvalue weighted by Crippen LogP contribution is -2.25. The second kappa shape index (κ2) is 7.98. The minimum Gasteiger partial charge on any atom is -0.303 e. The third-order valence-electron chi connectivity index (χ3n) is 3.74. The van der Waals surface area contributed by atoms with E-state index >= 15 is 0 Å². The highest BCUT2D eigenvalue weighted by atomic mass is 79.9. The molecule has 0 heterocycles. The molecule has 0 amide bonds. The third kappa shape index (κ3) is 4.57. The Bertz CT molecular complexity index is 568. The molecule has 2 atom stereocenters. The average Bonchev–Trinajstić information content (AvgIpc) is 2.50. The molecule has 0 aliphatic carbocycles. The Hall–Kier alpha value is -0.830. The van der Waals surface area contributed by atoms with Gasteiger partial charge in [-0.2, -0.15) is 0 Å². The maximum absolute atomic E-state index is 5.98. The summed E-state index contributed by atoms with van der Waals surface area (Å²) >= 11 is 9.53. The molecule has 0 saturated carbocycles. The number of rotatable bonds is 6. The van der Waals surface area contributed by atoms with E-state index in [2.05, 4.69) is 71.5 Å². The average molecular weight is 367 g/mol. The molecular weight excluding hydrogens is 346 g/mol. The van der Waals surface area contributed by atoms with Crippen LogP contribution in [-0.2, 0) is 0 Å². The van der Waals surface area contributed by atoms with Crippen LogP contribution in [0.5, 0.6) is 0 Å². The minimum absolute atomic E-state index is 0.339. The molecule has 1 nitrogen and oxygen atoms in total. The van der Waals surface area contributed by atoms with Gasteiger partial charge in [0.1, 0.15) is 0 Å². The van der Waals surface area contributed by atoms with Crippen LogP contribution in [0.15, 0.2) is 53.0 Å². The van der Waals surface area contributed by atoms with Gasteiger partial charge < -0.3 is 5.32 Å². The van der Waals surface area contributed by atoms with E-state index in [0.29, 0.717) is 12.1 Å². The van der Waals surface area contributed by atoms with Gasteiger partial charge in [-0.1, -0.05) is 65.6 Å². The molecule has 2 unspecified atom stereocenters. The molecule has 2 rings (SSSR count). The fourth-order valence-corrected chi connectivity index (χ4v) is 3.10. The van der Waals surface area contributed by atoms with Crippen molar-refractivity contribution in [2.75, 3.05) is 0 Å². The second-order valence-corrected chi connectivity index (χ2v) is 6.55. The van der Waals surface area contributed by atoms with Gasteiger partial charge in [0, 0.05) is 21.6 Å². The first-order valence-electron chi connectivity index (χ1n) is 7.41. The van der Waals surface area contributed by atoms with E-state index in [1.807, 2.05) is 12.1 Å². The van der Waals surface area contributed by atoms with Crippen LogP contribution in [0.3, 0.4) is 0 Å². The molecule has 0 saturated heterocycles. The van der Waals surface area contributed by atoms with Gasteiger partial charge >= 0.3 is 0 Å². The summed E-state index contributed by atoms with van der Waals surface area (Å²) in [6, 6.07) is 17.3. The summed E-state index contributed by atoms with van der Waals surface area (Å²) in [4.78, 5) is 0. The molecule has 1 N–H and O–H groups in total. The van der Waals surface area contributed by atoms with Crippen molar-refractivity contribution in [1.29, 1.82) is 0 Å². The topological polar surface area (TPSA) is 12.0 Å². The maximum atomic E-state index is 5.98. The fourth-order valence-electron chi connectivity index (χ4n) is 2.56. The normalized spacial score (nSPS) is 13.9. The molecule has 0 aromatic heterocycles. The lowest BCUT2D eigenvalue weighted by Gasteiger charge is -2.25. The Labute approximate surface area is 140 Å². The zero-order valence-electron chi connectivity index (χ0n) is 12.4. The third-order valence-corrected chi connectivity index (χ3v) is 4.49. The van der Waals surface area contributed by atoms with Gasteiger partial charge in [-0.3, -0.25) is 0 Å². The van der Waals surface area contributed by atoms with Crippen molar-refractivity contribution in [1.82, 2.24) is 5.32 Å². The zero-order chi connectivity index (χ0) is 15.2. The molecule has 2 aromatic rings. The summed E-state index contributed by atoms with van der Waals surface area (Å²) in [7, 11) is 0. The standard InChI is InChI=1S/C18H21BrClN/c1-3-17(13-8-10-16(20)11-9-13)21-18(4-2)14-6-5-7-15(19)12-14/h5-12,17-18,21H,3-4H2,1-2H3. The highest BCUT2D eigenvalue weighted by Crippen LogP contribution is 2.26. The van der Waals surface area contributed by atoms with Crippen LogP contribution in [0, 0.1) is 0 Å². The van der Waals surface area contributed by atoms with Crippen LogP contribution >= 0.6 is 27.5 Å². The molecule has 0 aliphatic heterocycles. The molecule has 0 fully saturated rings. The first-order valence-corrected chi connectivity index (χ1v) is 8.58. The van der Waals surface area contributed by atoms with Gasteiger partial charge in [-0.05, 0) is 48.2 Å². The van der Waals surface area contributed by atoms with Gasteiger partial charge in [-0.15, -0.1) is 0 Å². The van der Waals surface area contributed by atoms with Crippen LogP contribution in [0.2, 0.25) is 5.02 Å². The summed E-state index contributed by atoms with van der Waals surface area (Å²) in [5.74, 6) is 0. The summed E-state index contributed by atoms with van der Waals surface area (Å²) in [6.07, 6.45) is 2.10. The number of benzene rings is 2. The number of hydrogen-bond acceptors (Lipinski definition) is 1. The summed E-state index contributed by atoms with van der Waals surface area (Å²) in [6.45, 7) is 4.42. The SMILES string of the molecule is CCC(NC(CC)c1cccc(Br)c1)c1ccc(Cl)cc1. The van der Waals surface area contributed by atoms with Crippen molar-refractivity contribution in [3.05, 3.63) is 69.2 Å². The van der Waals surface area contributed by atoms with Crippen LogP contribution in [0.1, 0.15) is 49.9 Å². The molecule has 0 spiro atoms. The van der Waals surface area contributed by atoms with Crippen molar-refractivity contribution in [2.24, 2.45) is 0 Å². The summed E-state index contributed by atoms with van der Waals surface area (Å²) in [5.41, 5.74) is 2.61. The maximum Gasteiger partial charge on any atom is 0.0406 e. The molecule has 0 radical (unpaired) electrons. The number of hydrogen-bond donors (Lipinski definition) is 1. The highest BCUT2D eigenvalue weighted by molar-refractivity contribution is 9.10. The first-order chi connectivity index (χ1) is 10.1. The zero-order valence-corrected chi connectivity index (χ0v) is 14.8. The smallest absolute Gasteiger partial charge is 0.0406 e. The Morgan fingerprint density at radius 2 is 1.57 bits per heavy atom. The molecular formula is C18H21BrClN. The predicted molar refractivity (Wildman–Crippen MR) is 94.8 cm³/mol. The molecule has 3 heteroatoms. The fraction of sp³-hybridized carbons (Fsp3) is 0.333. The van der Waals surface area contributed by atoms with Crippen molar-refractivity contribution in [3.63, 3.8) is 0 Å². The lowest BCUT2D eigenvalue weighted by molar-refractivity contribution is 0.426. The van der Waals surface area contributed by atoms with Crippen LogP contribution < -0.4 is 5.32 Å². The quantitative estimate of drug-likeness (QED) is 0.633. The summed E-state index contributed by atoms with van der Waals surface area (Å²) in [5, 5.41) is 4.55. The van der Waals surface area contributed by atoms with Crippen LogP contribution in [0.25, 0.3) is 0 Å². The van der Waals surface area contributed by atoms with Gasteiger partial charge in [0.2, 0.25) is 0 Å². The van der Waals surface area contributed by atoms with E-state index in [4.69, 9.17) is 11.6 Å². The molecule has 0 aliphatic rings. The van der Waals surface area contributed by atoms with E-state index in [1.54, 1.807) is 0 Å². The Balaban J connectivity index is 2.17. The highest BCUT2D eigenvalue weighted by Gasteiger charge is 2.16. The summed E-state index contributed by atoms with van der Waals surface area (Å²) < 4.78 is 1.12. The van der Waals surface area contributed by atoms with Gasteiger partial charge in [0.15, 0.2) is 0 Å². The Morgan fingerprint density at radius 1 is 0.952 bits per heavy atom. The predicted octanol–water partition coefficient (Wildman–Crippen LogP) is 6.29. The monoisotopic (exact) mass is 365 g/mol.